The fourth-order valence-corrected chi connectivity index (χ4v) is 3.25. The van der Waals surface area contributed by atoms with E-state index in [1.54, 1.807) is 0 Å². The summed E-state index contributed by atoms with van der Waals surface area (Å²) in [7, 11) is 0. The van der Waals surface area contributed by atoms with Gasteiger partial charge in [-0.3, -0.25) is 0 Å². The highest BCUT2D eigenvalue weighted by Crippen LogP contribution is 2.33. The number of hydrogen-bond acceptors (Lipinski definition) is 2. The largest absolute Gasteiger partial charge is 0.379 e. The Balaban J connectivity index is 2.23. The van der Waals surface area contributed by atoms with E-state index in [9.17, 15) is 0 Å². The molecule has 1 aliphatic rings. The molecular weight excluding hydrogens is 260 g/mol. The van der Waals surface area contributed by atoms with Crippen LogP contribution in [0.15, 0.2) is 18.2 Å². The Morgan fingerprint density at radius 3 is 3.00 bits per heavy atom. The lowest BCUT2D eigenvalue weighted by Gasteiger charge is -2.36. The fraction of sp³-hybridized carbons (Fsp3) is 0.533. The molecule has 1 aromatic heterocycles. The molecule has 3 rings (SSSR count). The summed E-state index contributed by atoms with van der Waals surface area (Å²) >= 11 is 6.11. The zero-order valence-electron chi connectivity index (χ0n) is 11.4. The van der Waals surface area contributed by atoms with Gasteiger partial charge >= 0.3 is 0 Å². The van der Waals surface area contributed by atoms with Crippen molar-refractivity contribution in [3.05, 3.63) is 29.6 Å². The minimum absolute atomic E-state index is 0.0367. The molecule has 0 N–H and O–H groups in total. The summed E-state index contributed by atoms with van der Waals surface area (Å²) in [5.41, 5.74) is 3.39. The Bertz CT molecular complexity index is 599. The first kappa shape index (κ1) is 12.9. The SMILES string of the molecule is Cc1cccc2c1nc(CCl)n2C1(C)CCCOC1. The van der Waals surface area contributed by atoms with Crippen molar-refractivity contribution in [1.82, 2.24) is 9.55 Å². The molecule has 0 radical (unpaired) electrons. The predicted molar refractivity (Wildman–Crippen MR) is 77.7 cm³/mol. The number of benzene rings is 1. The maximum absolute atomic E-state index is 6.11. The average molecular weight is 279 g/mol. The Morgan fingerprint density at radius 2 is 2.32 bits per heavy atom. The van der Waals surface area contributed by atoms with Crippen LogP contribution in [-0.2, 0) is 16.2 Å². The third-order valence-corrected chi connectivity index (χ3v) is 4.27. The molecule has 1 aliphatic heterocycles. The van der Waals surface area contributed by atoms with Gasteiger partial charge in [0, 0.05) is 6.61 Å². The number of halogens is 1. The predicted octanol–water partition coefficient (Wildman–Crippen LogP) is 3.61. The van der Waals surface area contributed by atoms with Gasteiger partial charge in [-0.05, 0) is 38.3 Å². The van der Waals surface area contributed by atoms with E-state index in [0.717, 1.165) is 37.4 Å². The van der Waals surface area contributed by atoms with E-state index in [-0.39, 0.29) is 5.54 Å². The molecule has 0 amide bonds. The number of alkyl halides is 1. The first-order valence-corrected chi connectivity index (χ1v) is 7.30. The van der Waals surface area contributed by atoms with Crippen LogP contribution in [0, 0.1) is 6.92 Å². The molecule has 1 fully saturated rings. The van der Waals surface area contributed by atoms with Crippen LogP contribution in [0.1, 0.15) is 31.2 Å². The van der Waals surface area contributed by atoms with Gasteiger partial charge in [0.25, 0.3) is 0 Å². The lowest BCUT2D eigenvalue weighted by Crippen LogP contribution is -2.39. The second-order valence-electron chi connectivity index (χ2n) is 5.59. The second kappa shape index (κ2) is 4.80. The Hall–Kier alpha value is -1.06. The van der Waals surface area contributed by atoms with Crippen LogP contribution in [0.3, 0.4) is 0 Å². The van der Waals surface area contributed by atoms with Crippen molar-refractivity contribution in [2.75, 3.05) is 13.2 Å². The van der Waals surface area contributed by atoms with Crippen LogP contribution in [0.5, 0.6) is 0 Å². The molecule has 0 spiro atoms. The summed E-state index contributed by atoms with van der Waals surface area (Å²) in [4.78, 5) is 4.73. The van der Waals surface area contributed by atoms with Crippen LogP contribution in [0.2, 0.25) is 0 Å². The van der Waals surface area contributed by atoms with Gasteiger partial charge < -0.3 is 9.30 Å². The molecule has 19 heavy (non-hydrogen) atoms. The molecule has 0 aliphatic carbocycles. The zero-order valence-corrected chi connectivity index (χ0v) is 12.2. The number of aryl methyl sites for hydroxylation is 1. The molecule has 4 heteroatoms. The maximum atomic E-state index is 6.11. The summed E-state index contributed by atoms with van der Waals surface area (Å²) < 4.78 is 7.99. The highest BCUT2D eigenvalue weighted by molar-refractivity contribution is 6.16. The van der Waals surface area contributed by atoms with E-state index in [4.69, 9.17) is 21.3 Å². The second-order valence-corrected chi connectivity index (χ2v) is 5.86. The summed E-state index contributed by atoms with van der Waals surface area (Å²) in [5.74, 6) is 1.38. The van der Waals surface area contributed by atoms with Crippen molar-refractivity contribution in [1.29, 1.82) is 0 Å². The topological polar surface area (TPSA) is 27.1 Å². The van der Waals surface area contributed by atoms with Gasteiger partial charge in [-0.25, -0.2) is 4.98 Å². The Labute approximate surface area is 118 Å². The van der Waals surface area contributed by atoms with Crippen LogP contribution < -0.4 is 0 Å². The van der Waals surface area contributed by atoms with E-state index in [1.165, 1.54) is 11.1 Å². The van der Waals surface area contributed by atoms with E-state index >= 15 is 0 Å². The number of hydrogen-bond donors (Lipinski definition) is 0. The number of aromatic nitrogens is 2. The van der Waals surface area contributed by atoms with E-state index in [2.05, 4.69) is 36.6 Å². The Morgan fingerprint density at radius 1 is 1.47 bits per heavy atom. The molecule has 2 aromatic rings. The van der Waals surface area contributed by atoms with Gasteiger partial charge in [0.2, 0.25) is 0 Å². The normalized spacial score (nSPS) is 23.9. The van der Waals surface area contributed by atoms with Gasteiger partial charge in [-0.2, -0.15) is 0 Å². The van der Waals surface area contributed by atoms with Crippen LogP contribution in [0.4, 0.5) is 0 Å². The molecule has 0 bridgehead atoms. The number of ether oxygens (including phenoxy) is 1. The standard InChI is InChI=1S/C15H19ClN2O/c1-11-5-3-6-12-14(11)17-13(9-16)18(12)15(2)7-4-8-19-10-15/h3,5-6H,4,7-10H2,1-2H3. The fourth-order valence-electron chi connectivity index (χ4n) is 3.08. The molecular formula is C15H19ClN2O. The number of para-hydroxylation sites is 1. The van der Waals surface area contributed by atoms with E-state index in [1.807, 2.05) is 0 Å². The molecule has 1 saturated heterocycles. The third-order valence-electron chi connectivity index (χ3n) is 4.03. The van der Waals surface area contributed by atoms with Crippen molar-refractivity contribution in [2.45, 2.75) is 38.1 Å². The first-order valence-electron chi connectivity index (χ1n) is 6.77. The highest BCUT2D eigenvalue weighted by Gasteiger charge is 2.33. The van der Waals surface area contributed by atoms with Crippen LogP contribution >= 0.6 is 11.6 Å². The third kappa shape index (κ3) is 2.05. The first-order chi connectivity index (χ1) is 9.15. The minimum atomic E-state index is -0.0367. The molecule has 1 unspecified atom stereocenters. The molecule has 1 aromatic carbocycles. The van der Waals surface area contributed by atoms with Crippen molar-refractivity contribution >= 4 is 22.6 Å². The quantitative estimate of drug-likeness (QED) is 0.785. The molecule has 3 nitrogen and oxygen atoms in total. The molecule has 1 atom stereocenters. The summed E-state index contributed by atoms with van der Waals surface area (Å²) in [6.07, 6.45) is 2.19. The zero-order chi connectivity index (χ0) is 13.5. The smallest absolute Gasteiger partial charge is 0.125 e. The van der Waals surface area contributed by atoms with E-state index < -0.39 is 0 Å². The maximum Gasteiger partial charge on any atom is 0.125 e. The van der Waals surface area contributed by atoms with Gasteiger partial charge in [0.1, 0.15) is 5.82 Å². The summed E-state index contributed by atoms with van der Waals surface area (Å²) in [5, 5.41) is 0. The number of imidazole rings is 1. The number of fused-ring (bicyclic) bond motifs is 1. The van der Waals surface area contributed by atoms with Crippen molar-refractivity contribution in [3.63, 3.8) is 0 Å². The average Bonchev–Trinajstić information content (AvgIpc) is 2.80. The van der Waals surface area contributed by atoms with Crippen molar-refractivity contribution < 1.29 is 4.74 Å². The summed E-state index contributed by atoms with van der Waals surface area (Å²) in [6, 6.07) is 6.31. The van der Waals surface area contributed by atoms with Crippen molar-refractivity contribution in [3.8, 4) is 0 Å². The van der Waals surface area contributed by atoms with Gasteiger partial charge in [0.05, 0.1) is 29.1 Å². The minimum Gasteiger partial charge on any atom is -0.379 e. The molecule has 102 valence electrons. The van der Waals surface area contributed by atoms with Crippen LogP contribution in [0.25, 0.3) is 11.0 Å². The van der Waals surface area contributed by atoms with Crippen molar-refractivity contribution in [2.24, 2.45) is 0 Å². The van der Waals surface area contributed by atoms with Gasteiger partial charge in [-0.15, -0.1) is 11.6 Å². The van der Waals surface area contributed by atoms with E-state index in [0.29, 0.717) is 5.88 Å². The molecule has 0 saturated carbocycles. The summed E-state index contributed by atoms with van der Waals surface area (Å²) in [6.45, 7) is 5.93. The van der Waals surface area contributed by atoms with Crippen LogP contribution in [-0.4, -0.2) is 22.8 Å². The Kier molecular flexibility index (Phi) is 3.27. The van der Waals surface area contributed by atoms with Gasteiger partial charge in [0.15, 0.2) is 0 Å². The highest BCUT2D eigenvalue weighted by atomic mass is 35.5. The lowest BCUT2D eigenvalue weighted by molar-refractivity contribution is 0.0104. The van der Waals surface area contributed by atoms with Gasteiger partial charge in [-0.1, -0.05) is 12.1 Å². The lowest BCUT2D eigenvalue weighted by atomic mass is 9.94. The number of nitrogens with zero attached hydrogens (tertiary/aromatic N) is 2. The monoisotopic (exact) mass is 278 g/mol. The number of rotatable bonds is 2. The molecule has 2 heterocycles.